The van der Waals surface area contributed by atoms with Crippen molar-refractivity contribution in [3.8, 4) is 5.75 Å². The zero-order valence-corrected chi connectivity index (χ0v) is 22.6. The number of sulfonamides is 1. The lowest BCUT2D eigenvalue weighted by Crippen LogP contribution is -2.36. The minimum Gasteiger partial charge on any atom is -0.488 e. The molecule has 0 saturated heterocycles. The number of ether oxygens (including phenoxy) is 1. The number of nitrogens with zero attached hydrogens (tertiary/aromatic N) is 2. The normalized spacial score (nSPS) is 18.2. The summed E-state index contributed by atoms with van der Waals surface area (Å²) in [4.78, 5) is 12.4. The zero-order chi connectivity index (χ0) is 26.0. The van der Waals surface area contributed by atoms with Gasteiger partial charge >= 0.3 is 0 Å². The summed E-state index contributed by atoms with van der Waals surface area (Å²) in [6, 6.07) is 17.2. The molecule has 0 aliphatic carbocycles. The lowest BCUT2D eigenvalue weighted by atomic mass is 9.90. The SMILES string of the molecule is CCC(c1ccc(C)c(CN2C[C@@H](CC)Oc3ccccc3S2(=O)=O)c1)c1ccc(C(C)=O)n1CC. The van der Waals surface area contributed by atoms with Crippen LogP contribution in [-0.2, 0) is 23.1 Å². The van der Waals surface area contributed by atoms with Crippen LogP contribution in [0.3, 0.4) is 0 Å². The van der Waals surface area contributed by atoms with E-state index in [4.69, 9.17) is 4.74 Å². The van der Waals surface area contributed by atoms with E-state index in [2.05, 4.69) is 36.6 Å². The number of aromatic nitrogens is 1. The van der Waals surface area contributed by atoms with Crippen molar-refractivity contribution in [3.05, 3.63) is 82.7 Å². The second-order valence-corrected chi connectivity index (χ2v) is 11.4. The third-order valence-electron chi connectivity index (χ3n) is 7.20. The van der Waals surface area contributed by atoms with Crippen molar-refractivity contribution in [3.63, 3.8) is 0 Å². The molecule has 2 aromatic carbocycles. The van der Waals surface area contributed by atoms with Gasteiger partial charge in [-0.2, -0.15) is 4.31 Å². The number of hydrogen-bond acceptors (Lipinski definition) is 4. The molecule has 192 valence electrons. The molecule has 0 saturated carbocycles. The summed E-state index contributed by atoms with van der Waals surface area (Å²) in [6.07, 6.45) is 1.36. The van der Waals surface area contributed by atoms with Crippen LogP contribution in [-0.4, -0.2) is 35.7 Å². The summed E-state index contributed by atoms with van der Waals surface area (Å²) in [5, 5.41) is 0. The van der Waals surface area contributed by atoms with Crippen LogP contribution in [0.2, 0.25) is 0 Å². The van der Waals surface area contributed by atoms with E-state index in [1.54, 1.807) is 35.5 Å². The van der Waals surface area contributed by atoms with Crippen LogP contribution in [0.1, 0.15) is 79.3 Å². The topological polar surface area (TPSA) is 68.6 Å². The fourth-order valence-electron chi connectivity index (χ4n) is 5.14. The lowest BCUT2D eigenvalue weighted by molar-refractivity contribution is 0.100. The first-order valence-electron chi connectivity index (χ1n) is 12.8. The Morgan fingerprint density at radius 1 is 1.08 bits per heavy atom. The van der Waals surface area contributed by atoms with Crippen LogP contribution >= 0.6 is 0 Å². The number of carbonyl (C=O) groups excluding carboxylic acids is 1. The number of para-hydroxylation sites is 1. The molecule has 7 heteroatoms. The predicted molar refractivity (Wildman–Crippen MR) is 142 cm³/mol. The number of rotatable bonds is 8. The summed E-state index contributed by atoms with van der Waals surface area (Å²) in [5.74, 6) is 0.581. The number of carbonyl (C=O) groups is 1. The van der Waals surface area contributed by atoms with Crippen molar-refractivity contribution in [2.24, 2.45) is 0 Å². The maximum absolute atomic E-state index is 13.7. The number of ketones is 1. The molecule has 0 amide bonds. The molecule has 4 rings (SSSR count). The van der Waals surface area contributed by atoms with Crippen LogP contribution in [0, 0.1) is 6.92 Å². The average molecular weight is 509 g/mol. The Morgan fingerprint density at radius 3 is 2.50 bits per heavy atom. The Labute approximate surface area is 214 Å². The monoisotopic (exact) mass is 508 g/mol. The summed E-state index contributed by atoms with van der Waals surface area (Å²) in [7, 11) is -3.72. The van der Waals surface area contributed by atoms with Gasteiger partial charge in [0, 0.05) is 31.6 Å². The van der Waals surface area contributed by atoms with E-state index in [-0.39, 0.29) is 29.2 Å². The molecule has 1 aliphatic heterocycles. The van der Waals surface area contributed by atoms with E-state index in [0.29, 0.717) is 18.7 Å². The molecule has 6 nitrogen and oxygen atoms in total. The smallest absolute Gasteiger partial charge is 0.247 e. The number of Topliss-reactive ketones (excluding diaryl/α,β-unsaturated/α-hetero) is 1. The molecular weight excluding hydrogens is 472 g/mol. The lowest BCUT2D eigenvalue weighted by Gasteiger charge is -2.25. The molecule has 1 unspecified atom stereocenters. The molecule has 0 fully saturated rings. The first-order valence-corrected chi connectivity index (χ1v) is 14.2. The molecule has 1 aliphatic rings. The Hall–Kier alpha value is -2.90. The van der Waals surface area contributed by atoms with Crippen LogP contribution < -0.4 is 4.74 Å². The molecule has 2 atom stereocenters. The highest BCUT2D eigenvalue weighted by Gasteiger charge is 2.34. The molecular formula is C29H36N2O4S. The minimum absolute atomic E-state index is 0.0573. The molecule has 0 bridgehead atoms. The van der Waals surface area contributed by atoms with Gasteiger partial charge in [0.15, 0.2) is 5.78 Å². The van der Waals surface area contributed by atoms with Crippen molar-refractivity contribution < 1.29 is 17.9 Å². The summed E-state index contributed by atoms with van der Waals surface area (Å²) >= 11 is 0. The molecule has 0 N–H and O–H groups in total. The molecule has 0 radical (unpaired) electrons. The Bertz CT molecular complexity index is 1360. The Morgan fingerprint density at radius 2 is 1.83 bits per heavy atom. The molecule has 3 aromatic rings. The fraction of sp³-hybridized carbons (Fsp3) is 0.414. The second-order valence-electron chi connectivity index (χ2n) is 9.48. The van der Waals surface area contributed by atoms with Crippen molar-refractivity contribution >= 4 is 15.8 Å². The van der Waals surface area contributed by atoms with E-state index in [9.17, 15) is 13.2 Å². The standard InChI is InChI=1S/C29H36N2O4S/c1-6-24-19-30(36(33,34)29-12-10-9-11-28(29)35-24)18-23-17-22(14-13-20(23)4)25(7-2)27-16-15-26(21(5)32)31(27)8-3/h9-17,24-25H,6-8,18-19H2,1-5H3/t24-,25?/m1/s1. The Balaban J connectivity index is 1.73. The molecule has 36 heavy (non-hydrogen) atoms. The highest BCUT2D eigenvalue weighted by Crippen LogP contribution is 2.34. The highest BCUT2D eigenvalue weighted by molar-refractivity contribution is 7.89. The van der Waals surface area contributed by atoms with Crippen LogP contribution in [0.4, 0.5) is 0 Å². The van der Waals surface area contributed by atoms with Gasteiger partial charge in [0.1, 0.15) is 16.7 Å². The van der Waals surface area contributed by atoms with Gasteiger partial charge in [-0.3, -0.25) is 4.79 Å². The van der Waals surface area contributed by atoms with Crippen LogP contribution in [0.25, 0.3) is 0 Å². The number of benzene rings is 2. The summed E-state index contributed by atoms with van der Waals surface area (Å²) in [5.41, 5.74) is 4.97. The Kier molecular flexibility index (Phi) is 7.71. The zero-order valence-electron chi connectivity index (χ0n) is 21.8. The van der Waals surface area contributed by atoms with Crippen molar-refractivity contribution in [1.29, 1.82) is 0 Å². The van der Waals surface area contributed by atoms with Gasteiger partial charge in [0.05, 0.1) is 12.2 Å². The van der Waals surface area contributed by atoms with Gasteiger partial charge in [-0.05, 0) is 67.6 Å². The minimum atomic E-state index is -3.72. The number of fused-ring (bicyclic) bond motifs is 1. The average Bonchev–Trinajstić information content (AvgIpc) is 3.25. The van der Waals surface area contributed by atoms with Crippen molar-refractivity contribution in [1.82, 2.24) is 8.87 Å². The van der Waals surface area contributed by atoms with E-state index in [1.165, 1.54) is 0 Å². The maximum Gasteiger partial charge on any atom is 0.247 e. The number of aryl methyl sites for hydroxylation is 1. The van der Waals surface area contributed by atoms with Gasteiger partial charge in [0.2, 0.25) is 10.0 Å². The van der Waals surface area contributed by atoms with Crippen LogP contribution in [0.15, 0.2) is 59.5 Å². The van der Waals surface area contributed by atoms with E-state index >= 15 is 0 Å². The summed E-state index contributed by atoms with van der Waals surface area (Å²) < 4.78 is 37.0. The first kappa shape index (κ1) is 26.2. The van der Waals surface area contributed by atoms with Gasteiger partial charge in [-0.25, -0.2) is 8.42 Å². The predicted octanol–water partition coefficient (Wildman–Crippen LogP) is 5.92. The maximum atomic E-state index is 13.7. The molecule has 1 aromatic heterocycles. The quantitative estimate of drug-likeness (QED) is 0.354. The molecule has 2 heterocycles. The third-order valence-corrected chi connectivity index (χ3v) is 9.05. The van der Waals surface area contributed by atoms with E-state index in [1.807, 2.05) is 26.0 Å². The van der Waals surface area contributed by atoms with E-state index in [0.717, 1.165) is 41.0 Å². The van der Waals surface area contributed by atoms with Gasteiger partial charge < -0.3 is 9.30 Å². The fourth-order valence-corrected chi connectivity index (χ4v) is 6.71. The largest absolute Gasteiger partial charge is 0.488 e. The summed E-state index contributed by atoms with van der Waals surface area (Å²) in [6.45, 7) is 11.1. The van der Waals surface area contributed by atoms with Gasteiger partial charge in [-0.15, -0.1) is 0 Å². The highest BCUT2D eigenvalue weighted by atomic mass is 32.2. The van der Waals surface area contributed by atoms with Crippen LogP contribution in [0.5, 0.6) is 5.75 Å². The van der Waals surface area contributed by atoms with E-state index < -0.39 is 10.0 Å². The third kappa shape index (κ3) is 4.87. The second kappa shape index (κ2) is 10.6. The first-order chi connectivity index (χ1) is 17.2. The van der Waals surface area contributed by atoms with Crippen molar-refractivity contribution in [2.45, 2.75) is 77.5 Å². The van der Waals surface area contributed by atoms with Gasteiger partial charge in [0.25, 0.3) is 0 Å². The molecule has 0 spiro atoms. The van der Waals surface area contributed by atoms with Gasteiger partial charge in [-0.1, -0.05) is 44.2 Å². The number of hydrogen-bond donors (Lipinski definition) is 0. The van der Waals surface area contributed by atoms with Crippen molar-refractivity contribution in [2.75, 3.05) is 6.54 Å².